The third-order valence-corrected chi connectivity index (χ3v) is 6.77. The highest BCUT2D eigenvalue weighted by atomic mass is 15.3. The van der Waals surface area contributed by atoms with Gasteiger partial charge in [0.25, 0.3) is 0 Å². The number of nitrogens with zero attached hydrogens (tertiary/aromatic N) is 8. The first-order chi connectivity index (χ1) is 16.5. The Hall–Kier alpha value is -3.78. The van der Waals surface area contributed by atoms with Gasteiger partial charge in [-0.25, -0.2) is 4.98 Å². The Labute approximate surface area is 198 Å². The fourth-order valence-electron chi connectivity index (χ4n) is 4.72. The van der Waals surface area contributed by atoms with Crippen LogP contribution in [0.25, 0.3) is 33.4 Å². The molecule has 0 atom stereocenters. The van der Waals surface area contributed by atoms with Gasteiger partial charge >= 0.3 is 0 Å². The van der Waals surface area contributed by atoms with Gasteiger partial charge in [0.2, 0.25) is 0 Å². The summed E-state index contributed by atoms with van der Waals surface area (Å²) < 4.78 is 5.98. The predicted molar refractivity (Wildman–Crippen MR) is 133 cm³/mol. The highest BCUT2D eigenvalue weighted by Gasteiger charge is 2.17. The minimum atomic E-state index is 0.573. The second kappa shape index (κ2) is 8.22. The Balaban J connectivity index is 1.33. The van der Waals surface area contributed by atoms with E-state index in [1.54, 1.807) is 0 Å². The molecule has 34 heavy (non-hydrogen) atoms. The van der Waals surface area contributed by atoms with Crippen LogP contribution in [0.1, 0.15) is 31.5 Å². The molecule has 1 aliphatic heterocycles. The fourth-order valence-corrected chi connectivity index (χ4v) is 4.72. The standard InChI is InChI=1S/C26H28N8/c1-18(2)32-8-6-19(7-9-32)21-10-25-24(27-11-21)14-30-34(25)17-23-13-28-26-5-4-20(16-33(23)26)22-12-29-31(3)15-22/h4-6,10-16,18H,7-9,17H2,1-3H3. The van der Waals surface area contributed by atoms with Crippen LogP contribution in [0.5, 0.6) is 0 Å². The van der Waals surface area contributed by atoms with E-state index in [0.29, 0.717) is 12.6 Å². The molecule has 0 spiro atoms. The Kier molecular flexibility index (Phi) is 5.03. The van der Waals surface area contributed by atoms with Gasteiger partial charge in [0.1, 0.15) is 11.2 Å². The number of pyridine rings is 2. The monoisotopic (exact) mass is 452 g/mol. The molecule has 0 saturated heterocycles. The first kappa shape index (κ1) is 20.8. The number of hydrogen-bond donors (Lipinski definition) is 0. The molecule has 6 heterocycles. The topological polar surface area (TPSA) is 69.1 Å². The lowest BCUT2D eigenvalue weighted by molar-refractivity contribution is 0.245. The molecule has 0 amide bonds. The zero-order chi connectivity index (χ0) is 23.2. The Morgan fingerprint density at radius 3 is 2.62 bits per heavy atom. The van der Waals surface area contributed by atoms with Crippen molar-refractivity contribution in [2.24, 2.45) is 7.05 Å². The van der Waals surface area contributed by atoms with Crippen LogP contribution in [0.4, 0.5) is 0 Å². The normalized spacial score (nSPS) is 15.0. The maximum atomic E-state index is 4.71. The van der Waals surface area contributed by atoms with Crippen molar-refractivity contribution in [1.29, 1.82) is 0 Å². The quantitative estimate of drug-likeness (QED) is 0.403. The van der Waals surface area contributed by atoms with E-state index in [0.717, 1.165) is 53.0 Å². The van der Waals surface area contributed by atoms with Crippen LogP contribution in [0.15, 0.2) is 61.5 Å². The van der Waals surface area contributed by atoms with Crippen molar-refractivity contribution < 1.29 is 0 Å². The van der Waals surface area contributed by atoms with Crippen molar-refractivity contribution >= 4 is 22.3 Å². The molecular formula is C26H28N8. The third kappa shape index (κ3) is 3.70. The van der Waals surface area contributed by atoms with Crippen molar-refractivity contribution in [2.75, 3.05) is 13.1 Å². The highest BCUT2D eigenvalue weighted by Crippen LogP contribution is 2.26. The number of rotatable bonds is 5. The molecule has 0 aromatic carbocycles. The van der Waals surface area contributed by atoms with Crippen LogP contribution in [-0.4, -0.2) is 58.0 Å². The summed E-state index contributed by atoms with van der Waals surface area (Å²) in [4.78, 5) is 11.8. The minimum absolute atomic E-state index is 0.573. The Morgan fingerprint density at radius 2 is 1.85 bits per heavy atom. The third-order valence-electron chi connectivity index (χ3n) is 6.77. The predicted octanol–water partition coefficient (Wildman–Crippen LogP) is 4.03. The van der Waals surface area contributed by atoms with Gasteiger partial charge in [-0.05, 0) is 49.6 Å². The summed E-state index contributed by atoms with van der Waals surface area (Å²) >= 11 is 0. The van der Waals surface area contributed by atoms with Gasteiger partial charge in [-0.2, -0.15) is 10.2 Å². The van der Waals surface area contributed by atoms with Crippen molar-refractivity contribution in [3.63, 3.8) is 0 Å². The van der Waals surface area contributed by atoms with Crippen LogP contribution < -0.4 is 0 Å². The molecule has 8 nitrogen and oxygen atoms in total. The summed E-state index contributed by atoms with van der Waals surface area (Å²) in [5, 5.41) is 8.96. The van der Waals surface area contributed by atoms with E-state index in [1.165, 1.54) is 11.1 Å². The molecule has 0 radical (unpaired) electrons. The lowest BCUT2D eigenvalue weighted by Crippen LogP contribution is -2.34. The number of fused-ring (bicyclic) bond motifs is 2. The van der Waals surface area contributed by atoms with Gasteiger partial charge in [-0.3, -0.25) is 19.2 Å². The number of aromatic nitrogens is 7. The molecule has 0 unspecified atom stereocenters. The lowest BCUT2D eigenvalue weighted by Gasteiger charge is -2.29. The molecule has 0 saturated carbocycles. The highest BCUT2D eigenvalue weighted by molar-refractivity contribution is 5.79. The summed E-state index contributed by atoms with van der Waals surface area (Å²) in [7, 11) is 1.93. The summed E-state index contributed by atoms with van der Waals surface area (Å²) in [6.45, 7) is 7.20. The van der Waals surface area contributed by atoms with Gasteiger partial charge in [0.15, 0.2) is 0 Å². The molecule has 0 fully saturated rings. The van der Waals surface area contributed by atoms with Crippen LogP contribution in [0.3, 0.4) is 0 Å². The molecule has 0 bridgehead atoms. The van der Waals surface area contributed by atoms with Gasteiger partial charge in [-0.15, -0.1) is 0 Å². The zero-order valence-corrected chi connectivity index (χ0v) is 19.8. The first-order valence-electron chi connectivity index (χ1n) is 11.8. The largest absolute Gasteiger partial charge is 0.302 e. The number of hydrogen-bond acceptors (Lipinski definition) is 5. The van der Waals surface area contributed by atoms with E-state index in [4.69, 9.17) is 4.98 Å². The van der Waals surface area contributed by atoms with Crippen LogP contribution in [0, 0.1) is 0 Å². The average molecular weight is 453 g/mol. The lowest BCUT2D eigenvalue weighted by atomic mass is 10.00. The Morgan fingerprint density at radius 1 is 0.941 bits per heavy atom. The SMILES string of the molecule is CC(C)N1CC=C(c2cnc3cnn(Cc4cnc5ccc(-c6cnn(C)c6)cn45)c3c2)CC1. The summed E-state index contributed by atoms with van der Waals surface area (Å²) in [6.07, 6.45) is 15.2. The van der Waals surface area contributed by atoms with Gasteiger partial charge in [0.05, 0.1) is 36.3 Å². The summed E-state index contributed by atoms with van der Waals surface area (Å²) in [5.41, 5.74) is 8.69. The molecule has 5 aromatic heterocycles. The van der Waals surface area contributed by atoms with Crippen LogP contribution in [-0.2, 0) is 13.6 Å². The van der Waals surface area contributed by atoms with Gasteiger partial charge < -0.3 is 4.40 Å². The van der Waals surface area contributed by atoms with Gasteiger partial charge in [-0.1, -0.05) is 6.08 Å². The van der Waals surface area contributed by atoms with E-state index in [1.807, 2.05) is 53.5 Å². The smallest absolute Gasteiger partial charge is 0.136 e. The van der Waals surface area contributed by atoms with Crippen molar-refractivity contribution in [2.45, 2.75) is 32.9 Å². The number of aryl methyl sites for hydroxylation is 1. The van der Waals surface area contributed by atoms with Crippen molar-refractivity contribution in [3.05, 3.63) is 72.7 Å². The summed E-state index contributed by atoms with van der Waals surface area (Å²) in [5.74, 6) is 0. The fraction of sp³-hybridized carbons (Fsp3) is 0.308. The second-order valence-electron chi connectivity index (χ2n) is 9.30. The molecule has 8 heteroatoms. The zero-order valence-electron chi connectivity index (χ0n) is 19.8. The maximum Gasteiger partial charge on any atom is 0.136 e. The van der Waals surface area contributed by atoms with Crippen LogP contribution in [0.2, 0.25) is 0 Å². The van der Waals surface area contributed by atoms with E-state index in [2.05, 4.69) is 62.7 Å². The average Bonchev–Trinajstić information content (AvgIpc) is 3.58. The second-order valence-corrected chi connectivity index (χ2v) is 9.30. The van der Waals surface area contributed by atoms with Crippen molar-refractivity contribution in [3.8, 4) is 11.1 Å². The minimum Gasteiger partial charge on any atom is -0.302 e. The maximum absolute atomic E-state index is 4.71. The first-order valence-corrected chi connectivity index (χ1v) is 11.8. The van der Waals surface area contributed by atoms with E-state index < -0.39 is 0 Å². The molecular weight excluding hydrogens is 424 g/mol. The molecule has 0 aliphatic carbocycles. The van der Waals surface area contributed by atoms with E-state index in [9.17, 15) is 0 Å². The Bertz CT molecular complexity index is 1520. The number of imidazole rings is 1. The van der Waals surface area contributed by atoms with Crippen molar-refractivity contribution in [1.82, 2.24) is 38.8 Å². The molecule has 1 aliphatic rings. The van der Waals surface area contributed by atoms with Crippen LogP contribution >= 0.6 is 0 Å². The molecule has 172 valence electrons. The van der Waals surface area contributed by atoms with E-state index >= 15 is 0 Å². The summed E-state index contributed by atoms with van der Waals surface area (Å²) in [6, 6.07) is 6.93. The molecule has 0 N–H and O–H groups in total. The molecule has 5 aromatic rings. The molecule has 6 rings (SSSR count). The van der Waals surface area contributed by atoms with Gasteiger partial charge in [0, 0.05) is 55.9 Å². The van der Waals surface area contributed by atoms with E-state index in [-0.39, 0.29) is 0 Å².